The Hall–Kier alpha value is -1.51. The van der Waals surface area contributed by atoms with Gasteiger partial charge in [0.1, 0.15) is 5.01 Å². The molecule has 0 radical (unpaired) electrons. The molecule has 6 nitrogen and oxygen atoms in total. The number of aliphatic hydroxyl groups is 1. The summed E-state index contributed by atoms with van der Waals surface area (Å²) in [7, 11) is 0. The highest BCUT2D eigenvalue weighted by Crippen LogP contribution is 2.19. The highest BCUT2D eigenvalue weighted by atomic mass is 32.1. The number of aliphatic hydroxyl groups excluding tert-OH is 1. The minimum atomic E-state index is -0.359. The van der Waals surface area contributed by atoms with Crippen LogP contribution in [0.15, 0.2) is 16.8 Å². The molecule has 2 amide bonds. The molecule has 0 bridgehead atoms. The van der Waals surface area contributed by atoms with Gasteiger partial charge in [-0.05, 0) is 41.7 Å². The zero-order valence-electron chi connectivity index (χ0n) is 12.6. The quantitative estimate of drug-likeness (QED) is 0.723. The van der Waals surface area contributed by atoms with Crippen LogP contribution in [0.2, 0.25) is 0 Å². The first kappa shape index (κ1) is 16.9. The number of aromatic nitrogens is 2. The van der Waals surface area contributed by atoms with Crippen LogP contribution in [0.1, 0.15) is 30.8 Å². The van der Waals surface area contributed by atoms with Crippen LogP contribution in [0.3, 0.4) is 0 Å². The van der Waals surface area contributed by atoms with Gasteiger partial charge in [-0.3, -0.25) is 5.32 Å². The zero-order chi connectivity index (χ0) is 15.9. The second kappa shape index (κ2) is 8.21. The molecular weight excluding hydrogens is 320 g/mol. The first-order valence-electron chi connectivity index (χ1n) is 7.09. The molecule has 0 aromatic carbocycles. The number of nitrogens with zero attached hydrogens (tertiary/aromatic N) is 2. The Morgan fingerprint density at radius 3 is 2.91 bits per heavy atom. The fraction of sp³-hybridized carbons (Fsp3) is 0.500. The van der Waals surface area contributed by atoms with Gasteiger partial charge < -0.3 is 10.4 Å². The standard InChI is InChI=1S/C14H20N4O2S2/c1-9(5-10(2)19)7-15-13(20)16-14-18-17-12(22-14)6-11-3-4-21-8-11/h3-4,8-10,19H,5-7H2,1-2H3,(H2,15,16,18,20)/t9-,10+/m0/s1. The predicted molar refractivity (Wildman–Crippen MR) is 89.5 cm³/mol. The van der Waals surface area contributed by atoms with Crippen LogP contribution < -0.4 is 10.6 Å². The molecule has 0 spiro atoms. The van der Waals surface area contributed by atoms with Gasteiger partial charge in [-0.15, -0.1) is 10.2 Å². The summed E-state index contributed by atoms with van der Waals surface area (Å²) in [6.07, 6.45) is 1.03. The number of hydrogen-bond donors (Lipinski definition) is 3. The fourth-order valence-corrected chi connectivity index (χ4v) is 3.45. The van der Waals surface area contributed by atoms with Gasteiger partial charge in [0.2, 0.25) is 5.13 Å². The largest absolute Gasteiger partial charge is 0.393 e. The fourth-order valence-electron chi connectivity index (χ4n) is 2.02. The molecule has 2 aromatic rings. The summed E-state index contributed by atoms with van der Waals surface area (Å²) in [4.78, 5) is 11.8. The summed E-state index contributed by atoms with van der Waals surface area (Å²) in [6, 6.07) is 1.76. The molecule has 2 atom stereocenters. The van der Waals surface area contributed by atoms with Gasteiger partial charge in [0.05, 0.1) is 6.10 Å². The topological polar surface area (TPSA) is 87.1 Å². The Morgan fingerprint density at radius 2 is 2.23 bits per heavy atom. The van der Waals surface area contributed by atoms with Crippen molar-refractivity contribution < 1.29 is 9.90 Å². The van der Waals surface area contributed by atoms with E-state index in [1.807, 2.05) is 12.3 Å². The number of carbonyl (C=O) groups excluding carboxylic acids is 1. The third kappa shape index (κ3) is 5.70. The van der Waals surface area contributed by atoms with Crippen molar-refractivity contribution in [1.29, 1.82) is 0 Å². The second-order valence-corrected chi connectivity index (χ2v) is 7.18. The first-order valence-corrected chi connectivity index (χ1v) is 8.85. The Kier molecular flexibility index (Phi) is 6.29. The minimum absolute atomic E-state index is 0.217. The van der Waals surface area contributed by atoms with Crippen LogP contribution in [0.5, 0.6) is 0 Å². The van der Waals surface area contributed by atoms with E-state index >= 15 is 0 Å². The molecule has 3 N–H and O–H groups in total. The average molecular weight is 340 g/mol. The number of anilines is 1. The van der Waals surface area contributed by atoms with Crippen molar-refractivity contribution in [3.63, 3.8) is 0 Å². The Balaban J connectivity index is 1.76. The molecule has 0 fully saturated rings. The number of nitrogens with one attached hydrogen (secondary N) is 2. The third-order valence-electron chi connectivity index (χ3n) is 2.98. The van der Waals surface area contributed by atoms with Crippen molar-refractivity contribution in [2.24, 2.45) is 5.92 Å². The molecule has 0 saturated heterocycles. The van der Waals surface area contributed by atoms with Crippen LogP contribution in [0, 0.1) is 5.92 Å². The van der Waals surface area contributed by atoms with E-state index in [1.165, 1.54) is 16.9 Å². The van der Waals surface area contributed by atoms with Crippen LogP contribution in [-0.2, 0) is 6.42 Å². The van der Waals surface area contributed by atoms with Crippen LogP contribution >= 0.6 is 22.7 Å². The second-order valence-electron chi connectivity index (χ2n) is 5.33. The van der Waals surface area contributed by atoms with E-state index in [1.54, 1.807) is 18.3 Å². The number of urea groups is 1. The van der Waals surface area contributed by atoms with E-state index in [-0.39, 0.29) is 18.1 Å². The summed E-state index contributed by atoms with van der Waals surface area (Å²) in [5.41, 5.74) is 1.20. The van der Waals surface area contributed by atoms with Crippen molar-refractivity contribution in [3.8, 4) is 0 Å². The molecule has 8 heteroatoms. The predicted octanol–water partition coefficient (Wildman–Crippen LogP) is 2.72. The Labute approximate surface area is 137 Å². The molecule has 120 valence electrons. The van der Waals surface area contributed by atoms with Crippen molar-refractivity contribution >= 4 is 33.8 Å². The number of amides is 2. The maximum atomic E-state index is 11.8. The van der Waals surface area contributed by atoms with E-state index in [2.05, 4.69) is 32.3 Å². The lowest BCUT2D eigenvalue weighted by Crippen LogP contribution is -2.33. The molecule has 0 aliphatic rings. The van der Waals surface area contributed by atoms with E-state index in [0.29, 0.717) is 18.1 Å². The van der Waals surface area contributed by atoms with Crippen molar-refractivity contribution in [2.45, 2.75) is 32.8 Å². The van der Waals surface area contributed by atoms with E-state index in [4.69, 9.17) is 0 Å². The molecular formula is C14H20N4O2S2. The van der Waals surface area contributed by atoms with Crippen molar-refractivity contribution in [3.05, 3.63) is 27.4 Å². The minimum Gasteiger partial charge on any atom is -0.393 e. The number of hydrogen-bond acceptors (Lipinski definition) is 6. The van der Waals surface area contributed by atoms with Crippen molar-refractivity contribution in [2.75, 3.05) is 11.9 Å². The molecule has 2 aromatic heterocycles. The van der Waals surface area contributed by atoms with Gasteiger partial charge in [-0.1, -0.05) is 18.3 Å². The first-order chi connectivity index (χ1) is 10.5. The number of thiophene rings is 1. The molecule has 0 saturated carbocycles. The normalized spacial score (nSPS) is 13.6. The summed E-state index contributed by atoms with van der Waals surface area (Å²) >= 11 is 3.02. The van der Waals surface area contributed by atoms with Crippen LogP contribution in [0.4, 0.5) is 9.93 Å². The Bertz CT molecular complexity index is 583. The zero-order valence-corrected chi connectivity index (χ0v) is 14.2. The Morgan fingerprint density at radius 1 is 1.41 bits per heavy atom. The monoisotopic (exact) mass is 340 g/mol. The summed E-state index contributed by atoms with van der Waals surface area (Å²) in [5.74, 6) is 0.217. The summed E-state index contributed by atoms with van der Waals surface area (Å²) in [5, 5.41) is 28.3. The van der Waals surface area contributed by atoms with Gasteiger partial charge in [-0.25, -0.2) is 4.79 Å². The van der Waals surface area contributed by atoms with Gasteiger partial charge in [0.25, 0.3) is 0 Å². The van der Waals surface area contributed by atoms with Crippen molar-refractivity contribution in [1.82, 2.24) is 15.5 Å². The van der Waals surface area contributed by atoms with Crippen LogP contribution in [-0.4, -0.2) is 34.0 Å². The molecule has 0 aliphatic carbocycles. The number of rotatable bonds is 7. The van der Waals surface area contributed by atoms with Gasteiger partial charge in [0, 0.05) is 13.0 Å². The summed E-state index contributed by atoms with van der Waals surface area (Å²) < 4.78 is 0. The maximum absolute atomic E-state index is 11.8. The SMILES string of the molecule is C[C@H](CNC(=O)Nc1nnc(Cc2ccsc2)s1)C[C@@H](C)O. The number of carbonyl (C=O) groups is 1. The lowest BCUT2D eigenvalue weighted by Gasteiger charge is -2.13. The molecule has 2 heterocycles. The molecule has 0 aliphatic heterocycles. The van der Waals surface area contributed by atoms with E-state index < -0.39 is 0 Å². The van der Waals surface area contributed by atoms with E-state index in [0.717, 1.165) is 11.4 Å². The van der Waals surface area contributed by atoms with Gasteiger partial charge >= 0.3 is 6.03 Å². The lowest BCUT2D eigenvalue weighted by atomic mass is 10.1. The maximum Gasteiger partial charge on any atom is 0.321 e. The molecule has 2 rings (SSSR count). The van der Waals surface area contributed by atoms with Gasteiger partial charge in [0.15, 0.2) is 0 Å². The highest BCUT2D eigenvalue weighted by molar-refractivity contribution is 7.15. The third-order valence-corrected chi connectivity index (χ3v) is 4.55. The molecule has 22 heavy (non-hydrogen) atoms. The van der Waals surface area contributed by atoms with Gasteiger partial charge in [-0.2, -0.15) is 11.3 Å². The molecule has 0 unspecified atom stereocenters. The lowest BCUT2D eigenvalue weighted by molar-refractivity contribution is 0.163. The summed E-state index contributed by atoms with van der Waals surface area (Å²) in [6.45, 7) is 4.24. The average Bonchev–Trinajstić information content (AvgIpc) is 3.08. The highest BCUT2D eigenvalue weighted by Gasteiger charge is 2.11. The van der Waals surface area contributed by atoms with E-state index in [9.17, 15) is 9.90 Å². The smallest absolute Gasteiger partial charge is 0.321 e. The van der Waals surface area contributed by atoms with Crippen LogP contribution in [0.25, 0.3) is 0 Å².